The van der Waals surface area contributed by atoms with Crippen LogP contribution in [0.4, 0.5) is 35.3 Å². The smallest absolute Gasteiger partial charge is 0.406 e. The fourth-order valence-corrected chi connectivity index (χ4v) is 5.69. The fourth-order valence-electron chi connectivity index (χ4n) is 4.60. The molecule has 4 amide bonds. The maximum atomic E-state index is 13.0. The van der Waals surface area contributed by atoms with Crippen LogP contribution in [0, 0.1) is 6.92 Å². The minimum absolute atomic E-state index is 0.0624. The minimum Gasteiger partial charge on any atom is -0.406 e. The van der Waals surface area contributed by atoms with Gasteiger partial charge in [-0.1, -0.05) is 49.3 Å². The number of ether oxygens (including phenoxy) is 1. The molecule has 0 saturated carbocycles. The van der Waals surface area contributed by atoms with Crippen molar-refractivity contribution in [3.05, 3.63) is 82.4 Å². The third-order valence-electron chi connectivity index (χ3n) is 6.82. The Hall–Kier alpha value is -4.89. The highest BCUT2D eigenvalue weighted by Gasteiger charge is 2.33. The van der Waals surface area contributed by atoms with Crippen molar-refractivity contribution >= 4 is 63.7 Å². The lowest BCUT2D eigenvalue weighted by Crippen LogP contribution is -2.31. The maximum absolute atomic E-state index is 13.0. The molecule has 1 aliphatic heterocycles. The summed E-state index contributed by atoms with van der Waals surface area (Å²) >= 11 is 7.65. The van der Waals surface area contributed by atoms with Gasteiger partial charge in [0.2, 0.25) is 11.9 Å². The third-order valence-corrected chi connectivity index (χ3v) is 8.05. The Bertz CT molecular complexity index is 1890. The van der Waals surface area contributed by atoms with E-state index >= 15 is 0 Å². The van der Waals surface area contributed by atoms with Crippen LogP contribution in [0.5, 0.6) is 5.75 Å². The predicted molar refractivity (Wildman–Crippen MR) is 174 cm³/mol. The quantitative estimate of drug-likeness (QED) is 0.207. The van der Waals surface area contributed by atoms with Gasteiger partial charge in [0.25, 0.3) is 5.91 Å². The van der Waals surface area contributed by atoms with E-state index in [0.29, 0.717) is 11.3 Å². The number of aliphatic imine (C=N–C) groups is 1. The van der Waals surface area contributed by atoms with E-state index in [-0.39, 0.29) is 50.8 Å². The molecule has 4 aromatic rings. The third kappa shape index (κ3) is 7.92. The summed E-state index contributed by atoms with van der Waals surface area (Å²) < 4.78 is 42.3. The van der Waals surface area contributed by atoms with E-state index in [4.69, 9.17) is 11.6 Å². The lowest BCUT2D eigenvalue weighted by molar-refractivity contribution is -0.274. The first-order valence-corrected chi connectivity index (χ1v) is 15.4. The predicted octanol–water partition coefficient (Wildman–Crippen LogP) is 7.39. The van der Waals surface area contributed by atoms with Gasteiger partial charge in [0, 0.05) is 18.2 Å². The van der Waals surface area contributed by atoms with Gasteiger partial charge < -0.3 is 10.1 Å². The molecule has 5 rings (SSSR count). The molecule has 0 bridgehead atoms. The van der Waals surface area contributed by atoms with Gasteiger partial charge in [-0.3, -0.25) is 19.8 Å². The average Bonchev–Trinajstić information content (AvgIpc) is 3.54. The molecule has 0 atom stereocenters. The Morgan fingerprint density at radius 1 is 1.06 bits per heavy atom. The van der Waals surface area contributed by atoms with Gasteiger partial charge in [0.1, 0.15) is 5.75 Å². The van der Waals surface area contributed by atoms with Crippen molar-refractivity contribution in [1.29, 1.82) is 0 Å². The van der Waals surface area contributed by atoms with Crippen LogP contribution in [0.25, 0.3) is 11.4 Å². The number of amidine groups is 1. The topological polar surface area (TPSA) is 131 Å². The normalized spacial score (nSPS) is 14.2. The first kappa shape index (κ1) is 33.5. The molecule has 1 saturated heterocycles. The molecular formula is C31H27ClF3N7O4S. The highest BCUT2D eigenvalue weighted by molar-refractivity contribution is 8.15. The number of carbonyl (C=O) groups excluding carboxylic acids is 3. The number of thioether (sulfide) groups is 1. The molecule has 0 spiro atoms. The van der Waals surface area contributed by atoms with Crippen LogP contribution in [0.1, 0.15) is 41.3 Å². The molecule has 0 radical (unpaired) electrons. The van der Waals surface area contributed by atoms with Crippen molar-refractivity contribution in [1.82, 2.24) is 14.8 Å². The molecule has 2 heterocycles. The van der Waals surface area contributed by atoms with E-state index in [1.807, 2.05) is 39.0 Å². The van der Waals surface area contributed by atoms with Gasteiger partial charge in [-0.05, 0) is 72.5 Å². The van der Waals surface area contributed by atoms with Crippen molar-refractivity contribution in [3.8, 4) is 17.1 Å². The summed E-state index contributed by atoms with van der Waals surface area (Å²) in [6.07, 6.45) is -4.85. The van der Waals surface area contributed by atoms with E-state index in [1.165, 1.54) is 52.7 Å². The summed E-state index contributed by atoms with van der Waals surface area (Å²) in [4.78, 5) is 48.4. The number of urea groups is 1. The number of aromatic nitrogens is 3. The van der Waals surface area contributed by atoms with Crippen molar-refractivity contribution in [2.24, 2.45) is 12.0 Å². The molecule has 3 aromatic carbocycles. The lowest BCUT2D eigenvalue weighted by atomic mass is 9.99. The number of halogens is 4. The van der Waals surface area contributed by atoms with E-state index in [0.717, 1.165) is 23.3 Å². The Kier molecular flexibility index (Phi) is 9.58. The molecule has 11 nitrogen and oxygen atoms in total. The number of nitrogens with one attached hydrogen (secondary N) is 2. The second-order valence-corrected chi connectivity index (χ2v) is 12.0. The zero-order valence-electron chi connectivity index (χ0n) is 25.3. The van der Waals surface area contributed by atoms with Crippen LogP contribution >= 0.6 is 23.4 Å². The molecule has 16 heteroatoms. The van der Waals surface area contributed by atoms with E-state index in [9.17, 15) is 27.6 Å². The molecule has 47 heavy (non-hydrogen) atoms. The van der Waals surface area contributed by atoms with E-state index in [1.54, 1.807) is 6.07 Å². The zero-order valence-corrected chi connectivity index (χ0v) is 26.9. The first-order chi connectivity index (χ1) is 22.2. The molecule has 1 fully saturated rings. The van der Waals surface area contributed by atoms with Crippen LogP contribution in [0.15, 0.2) is 65.7 Å². The maximum Gasteiger partial charge on any atom is 0.573 e. The van der Waals surface area contributed by atoms with Crippen molar-refractivity contribution in [2.75, 3.05) is 21.3 Å². The van der Waals surface area contributed by atoms with Gasteiger partial charge in [0.05, 0.1) is 22.2 Å². The molecule has 0 aliphatic carbocycles. The summed E-state index contributed by atoms with van der Waals surface area (Å²) in [7, 11) is 1.54. The number of benzene rings is 3. The summed E-state index contributed by atoms with van der Waals surface area (Å²) in [5, 5.41) is 9.90. The second kappa shape index (κ2) is 13.5. The van der Waals surface area contributed by atoms with E-state index in [2.05, 4.69) is 30.4 Å². The van der Waals surface area contributed by atoms with Crippen molar-refractivity contribution in [3.63, 3.8) is 0 Å². The Morgan fingerprint density at radius 2 is 1.79 bits per heavy atom. The van der Waals surface area contributed by atoms with E-state index < -0.39 is 24.1 Å². The lowest BCUT2D eigenvalue weighted by Gasteiger charge is -2.22. The Labute approximate surface area is 276 Å². The summed E-state index contributed by atoms with van der Waals surface area (Å²) in [5.74, 6) is -0.721. The molecular weight excluding hydrogens is 659 g/mol. The van der Waals surface area contributed by atoms with Crippen LogP contribution in [0.3, 0.4) is 0 Å². The Balaban J connectivity index is 1.28. The van der Waals surface area contributed by atoms with Gasteiger partial charge >= 0.3 is 12.4 Å². The number of hydrogen-bond donors (Lipinski definition) is 2. The van der Waals surface area contributed by atoms with Crippen molar-refractivity contribution in [2.45, 2.75) is 33.1 Å². The number of rotatable bonds is 7. The number of anilines is 3. The zero-order chi connectivity index (χ0) is 34.0. The van der Waals surface area contributed by atoms with Crippen LogP contribution in [-0.4, -0.2) is 49.9 Å². The molecule has 244 valence electrons. The van der Waals surface area contributed by atoms with Gasteiger partial charge in [0.15, 0.2) is 11.0 Å². The largest absolute Gasteiger partial charge is 0.573 e. The summed E-state index contributed by atoms with van der Waals surface area (Å²) in [5.41, 5.74) is 3.40. The number of alkyl halides is 3. The SMILES string of the molecule is Cc1ccc(C(C)C)c(N2C(=O)CSC2=NC(=O)Nc2ccc(-c3nc(NC(=O)c4ccc(OC(F)(F)F)cc4)n(C)n3)cc2Cl)c1. The second-order valence-electron chi connectivity index (χ2n) is 10.7. The molecule has 2 N–H and O–H groups in total. The number of hydrogen-bond acceptors (Lipinski definition) is 7. The first-order valence-electron chi connectivity index (χ1n) is 14.0. The highest BCUT2D eigenvalue weighted by Crippen LogP contribution is 2.35. The number of carbonyl (C=O) groups is 3. The molecule has 0 unspecified atom stereocenters. The van der Waals surface area contributed by atoms with Crippen LogP contribution in [-0.2, 0) is 11.8 Å². The van der Waals surface area contributed by atoms with Gasteiger partial charge in [-0.25, -0.2) is 9.48 Å². The number of aryl methyl sites for hydroxylation is 2. The highest BCUT2D eigenvalue weighted by atomic mass is 35.5. The summed E-state index contributed by atoms with van der Waals surface area (Å²) in [6.45, 7) is 5.98. The van der Waals surface area contributed by atoms with Crippen LogP contribution < -0.4 is 20.3 Å². The van der Waals surface area contributed by atoms with Gasteiger partial charge in [-0.15, -0.1) is 18.3 Å². The summed E-state index contributed by atoms with van der Waals surface area (Å²) in [6, 6.07) is 14.2. The monoisotopic (exact) mass is 685 g/mol. The average molecular weight is 686 g/mol. The van der Waals surface area contributed by atoms with Gasteiger partial charge in [-0.2, -0.15) is 9.98 Å². The fraction of sp³-hybridized carbons (Fsp3) is 0.226. The number of amides is 4. The molecule has 1 aliphatic rings. The standard InChI is InChI=1S/C31H27ClF3N7O4S/c1-16(2)21-11-5-17(3)13-24(21)42-25(43)15-47-30(42)39-29(45)36-23-12-8-19(14-22(23)32)26-37-28(41(4)40-26)38-27(44)18-6-9-20(10-7-18)46-31(33,34)35/h5-14,16H,15H2,1-4H3,(H,36,45)(H,37,38,40,44). The van der Waals surface area contributed by atoms with Crippen molar-refractivity contribution < 1.29 is 32.3 Å². The molecule has 1 aromatic heterocycles. The number of nitrogens with zero attached hydrogens (tertiary/aromatic N) is 5. The Morgan fingerprint density at radius 3 is 2.45 bits per heavy atom. The minimum atomic E-state index is -4.85. The van der Waals surface area contributed by atoms with Crippen LogP contribution in [0.2, 0.25) is 5.02 Å².